The Balaban J connectivity index is 1.35. The normalized spacial score (nSPS) is 11.6. The van der Waals surface area contributed by atoms with E-state index in [0.29, 0.717) is 5.89 Å². The van der Waals surface area contributed by atoms with Crippen LogP contribution in [0.2, 0.25) is 0 Å². The Morgan fingerprint density at radius 1 is 0.467 bits per heavy atom. The van der Waals surface area contributed by atoms with E-state index >= 15 is 0 Å². The maximum absolute atomic E-state index is 6.39. The smallest absolute Gasteiger partial charge is 0.227 e. The van der Waals surface area contributed by atoms with Crippen LogP contribution in [0.25, 0.3) is 66.4 Å². The SMILES string of the molecule is c1ccc(-c2nc3c(ccc4cccc(N(c5ccc6c(c5)oc5ccccc56)c5ccccc5-c5ccccc5)c43)o2)cc1. The summed E-state index contributed by atoms with van der Waals surface area (Å²) < 4.78 is 12.7. The molecule has 0 aliphatic rings. The lowest BCUT2D eigenvalue weighted by Crippen LogP contribution is -2.12. The molecule has 0 spiro atoms. The highest BCUT2D eigenvalue weighted by molar-refractivity contribution is 6.14. The quantitative estimate of drug-likeness (QED) is 0.204. The number of para-hydroxylation sites is 2. The van der Waals surface area contributed by atoms with Crippen molar-refractivity contribution in [1.82, 2.24) is 4.98 Å². The first-order valence-electron chi connectivity index (χ1n) is 15.1. The Kier molecular flexibility index (Phi) is 5.78. The molecule has 0 atom stereocenters. The van der Waals surface area contributed by atoms with Gasteiger partial charge >= 0.3 is 0 Å². The monoisotopic (exact) mass is 578 g/mol. The maximum atomic E-state index is 6.39. The average Bonchev–Trinajstić information content (AvgIpc) is 3.71. The Morgan fingerprint density at radius 3 is 2.04 bits per heavy atom. The highest BCUT2D eigenvalue weighted by Gasteiger charge is 2.23. The van der Waals surface area contributed by atoms with Crippen molar-refractivity contribution in [2.45, 2.75) is 0 Å². The molecule has 2 aromatic heterocycles. The van der Waals surface area contributed by atoms with Crippen LogP contribution in [0, 0.1) is 0 Å². The van der Waals surface area contributed by atoms with Gasteiger partial charge in [-0.1, -0.05) is 103 Å². The van der Waals surface area contributed by atoms with Gasteiger partial charge in [0.25, 0.3) is 0 Å². The van der Waals surface area contributed by atoms with Crippen LogP contribution in [0.15, 0.2) is 167 Å². The van der Waals surface area contributed by atoms with Crippen molar-refractivity contribution in [3.8, 4) is 22.6 Å². The molecule has 4 nitrogen and oxygen atoms in total. The number of anilines is 3. The lowest BCUT2D eigenvalue weighted by molar-refractivity contribution is 0.620. The Labute approximate surface area is 259 Å². The van der Waals surface area contributed by atoms with Gasteiger partial charge in [-0.15, -0.1) is 0 Å². The Bertz CT molecular complexity index is 2490. The Morgan fingerprint density at radius 2 is 1.18 bits per heavy atom. The number of fused-ring (bicyclic) bond motifs is 6. The molecule has 212 valence electrons. The fourth-order valence-corrected chi connectivity index (χ4v) is 6.43. The predicted octanol–water partition coefficient (Wildman–Crippen LogP) is 11.7. The maximum Gasteiger partial charge on any atom is 0.227 e. The molecule has 0 fully saturated rings. The van der Waals surface area contributed by atoms with Crippen molar-refractivity contribution >= 4 is 60.9 Å². The van der Waals surface area contributed by atoms with Crippen molar-refractivity contribution in [3.05, 3.63) is 158 Å². The van der Waals surface area contributed by atoms with Gasteiger partial charge in [0.2, 0.25) is 5.89 Å². The van der Waals surface area contributed by atoms with Gasteiger partial charge < -0.3 is 13.7 Å². The van der Waals surface area contributed by atoms with Crippen LogP contribution in [-0.2, 0) is 0 Å². The largest absolute Gasteiger partial charge is 0.456 e. The molecule has 45 heavy (non-hydrogen) atoms. The zero-order chi connectivity index (χ0) is 29.7. The minimum absolute atomic E-state index is 0.604. The summed E-state index contributed by atoms with van der Waals surface area (Å²) in [6.07, 6.45) is 0. The number of benzene rings is 7. The molecule has 0 aliphatic carbocycles. The number of oxazole rings is 1. The highest BCUT2D eigenvalue weighted by Crippen LogP contribution is 2.46. The summed E-state index contributed by atoms with van der Waals surface area (Å²) in [7, 11) is 0. The summed E-state index contributed by atoms with van der Waals surface area (Å²) in [6, 6.07) is 54.4. The standard InChI is InChI=1S/C41H26N2O2/c1-3-12-27(13-4-1)31-17-7-9-19-34(31)43(30-23-24-33-32-18-8-10-21-36(32)44-38(33)26-30)35-20-11-16-28-22-25-37-40(39(28)35)42-41(45-37)29-14-5-2-6-15-29/h1-26H. The van der Waals surface area contributed by atoms with Crippen molar-refractivity contribution in [3.63, 3.8) is 0 Å². The molecule has 0 N–H and O–H groups in total. The number of rotatable bonds is 5. The van der Waals surface area contributed by atoms with E-state index in [1.54, 1.807) is 0 Å². The van der Waals surface area contributed by atoms with E-state index in [9.17, 15) is 0 Å². The molecule has 4 heteroatoms. The van der Waals surface area contributed by atoms with Crippen LogP contribution < -0.4 is 4.90 Å². The fraction of sp³-hybridized carbons (Fsp3) is 0. The molecular formula is C41H26N2O2. The zero-order valence-corrected chi connectivity index (χ0v) is 24.2. The van der Waals surface area contributed by atoms with Crippen molar-refractivity contribution in [1.29, 1.82) is 0 Å². The molecule has 0 saturated heterocycles. The van der Waals surface area contributed by atoms with Crippen LogP contribution in [0.5, 0.6) is 0 Å². The number of aromatic nitrogens is 1. The van der Waals surface area contributed by atoms with E-state index in [1.807, 2.05) is 48.5 Å². The van der Waals surface area contributed by atoms with Gasteiger partial charge in [-0.2, -0.15) is 0 Å². The van der Waals surface area contributed by atoms with Crippen LogP contribution in [0.4, 0.5) is 17.1 Å². The van der Waals surface area contributed by atoms with Gasteiger partial charge in [0.15, 0.2) is 5.58 Å². The van der Waals surface area contributed by atoms with E-state index < -0.39 is 0 Å². The van der Waals surface area contributed by atoms with Crippen LogP contribution >= 0.6 is 0 Å². The lowest BCUT2D eigenvalue weighted by atomic mass is 10.00. The molecule has 7 aromatic carbocycles. The summed E-state index contributed by atoms with van der Waals surface area (Å²) in [5.74, 6) is 0.604. The van der Waals surface area contributed by atoms with Gasteiger partial charge in [0, 0.05) is 39.0 Å². The average molecular weight is 579 g/mol. The summed E-state index contributed by atoms with van der Waals surface area (Å²) in [6.45, 7) is 0. The topological polar surface area (TPSA) is 42.4 Å². The van der Waals surface area contributed by atoms with Crippen molar-refractivity contribution in [2.24, 2.45) is 0 Å². The highest BCUT2D eigenvalue weighted by atomic mass is 16.3. The second-order valence-corrected chi connectivity index (χ2v) is 11.2. The molecule has 0 unspecified atom stereocenters. The molecule has 9 rings (SSSR count). The van der Waals surface area contributed by atoms with E-state index in [4.69, 9.17) is 13.8 Å². The molecule has 2 heterocycles. The van der Waals surface area contributed by atoms with E-state index in [1.165, 1.54) is 0 Å². The number of furan rings is 1. The zero-order valence-electron chi connectivity index (χ0n) is 24.2. The molecule has 9 aromatic rings. The minimum atomic E-state index is 0.604. The third kappa shape index (κ3) is 4.19. The summed E-state index contributed by atoms with van der Waals surface area (Å²) in [4.78, 5) is 7.42. The molecule has 0 radical (unpaired) electrons. The number of hydrogen-bond acceptors (Lipinski definition) is 4. The van der Waals surface area contributed by atoms with Crippen molar-refractivity contribution in [2.75, 3.05) is 4.90 Å². The van der Waals surface area contributed by atoms with E-state index in [0.717, 1.165) is 77.6 Å². The van der Waals surface area contributed by atoms with Crippen LogP contribution in [-0.4, -0.2) is 4.98 Å². The second-order valence-electron chi connectivity index (χ2n) is 11.2. The molecular weight excluding hydrogens is 552 g/mol. The van der Waals surface area contributed by atoms with E-state index in [2.05, 4.69) is 114 Å². The number of nitrogens with zero attached hydrogens (tertiary/aromatic N) is 2. The molecule has 0 bridgehead atoms. The van der Waals surface area contributed by atoms with Crippen LogP contribution in [0.3, 0.4) is 0 Å². The Hall–Kier alpha value is -6.13. The van der Waals surface area contributed by atoms with Gasteiger partial charge in [-0.3, -0.25) is 0 Å². The third-order valence-electron chi connectivity index (χ3n) is 8.49. The summed E-state index contributed by atoms with van der Waals surface area (Å²) in [5.41, 5.74) is 9.55. The first-order valence-corrected chi connectivity index (χ1v) is 15.1. The summed E-state index contributed by atoms with van der Waals surface area (Å²) in [5, 5.41) is 4.31. The first-order chi connectivity index (χ1) is 22.3. The fourth-order valence-electron chi connectivity index (χ4n) is 6.43. The van der Waals surface area contributed by atoms with Crippen molar-refractivity contribution < 1.29 is 8.83 Å². The van der Waals surface area contributed by atoms with Gasteiger partial charge in [0.05, 0.1) is 11.4 Å². The lowest BCUT2D eigenvalue weighted by Gasteiger charge is -2.29. The van der Waals surface area contributed by atoms with E-state index in [-0.39, 0.29) is 0 Å². The molecule has 0 saturated carbocycles. The summed E-state index contributed by atoms with van der Waals surface area (Å²) >= 11 is 0. The predicted molar refractivity (Wildman–Crippen MR) is 184 cm³/mol. The molecule has 0 amide bonds. The third-order valence-corrected chi connectivity index (χ3v) is 8.49. The van der Waals surface area contributed by atoms with Gasteiger partial charge in [-0.05, 0) is 59.5 Å². The van der Waals surface area contributed by atoms with Crippen LogP contribution in [0.1, 0.15) is 0 Å². The van der Waals surface area contributed by atoms with Gasteiger partial charge in [0.1, 0.15) is 16.7 Å². The first kappa shape index (κ1) is 25.4. The number of hydrogen-bond donors (Lipinski definition) is 0. The minimum Gasteiger partial charge on any atom is -0.456 e. The van der Waals surface area contributed by atoms with Gasteiger partial charge in [-0.25, -0.2) is 4.98 Å². The second kappa shape index (κ2) is 10.2. The molecule has 0 aliphatic heterocycles.